The molecule has 0 saturated carbocycles. The van der Waals surface area contributed by atoms with Crippen LogP contribution in [-0.4, -0.2) is 24.9 Å². The SMILES string of the molecule is c1ccc(-c2cc(-c3ccc4c(c3)C3(c5ccccc5Oc5ccccc53)c3cccc(-c5nc(-c6ccccc6)nc(-c6ccccc6)n5)c3-4)nc(-c3ccccc3)n2)cc1. The van der Waals surface area contributed by atoms with Crippen molar-refractivity contribution in [2.75, 3.05) is 0 Å². The molecule has 2 aromatic heterocycles. The van der Waals surface area contributed by atoms with Gasteiger partial charge in [0.15, 0.2) is 23.3 Å². The fraction of sp³-hybridized carbons (Fsp3) is 0.0179. The van der Waals surface area contributed by atoms with Gasteiger partial charge in [-0.15, -0.1) is 0 Å². The first-order valence-corrected chi connectivity index (χ1v) is 20.8. The minimum atomic E-state index is -0.753. The standard InChI is InChI=1S/C56H35N5O/c1-5-18-36(19-6-1)47-35-48(58-52(57-47)37-20-7-2-8-21-37)40-32-33-41-46(34-40)56(43-27-13-15-30-49(43)62-50-31-16-14-28-44(50)56)45-29-17-26-42(51(41)45)55-60-53(38-22-9-3-10-23-38)59-54(61-55)39-24-11-4-12-25-39/h1-35H. The number of fused-ring (bicyclic) bond motifs is 9. The largest absolute Gasteiger partial charge is 0.457 e. The van der Waals surface area contributed by atoms with Gasteiger partial charge in [-0.2, -0.15) is 0 Å². The van der Waals surface area contributed by atoms with Crippen molar-refractivity contribution in [1.82, 2.24) is 24.9 Å². The topological polar surface area (TPSA) is 73.7 Å². The molecule has 1 aliphatic heterocycles. The van der Waals surface area contributed by atoms with E-state index in [0.29, 0.717) is 23.3 Å². The van der Waals surface area contributed by atoms with Gasteiger partial charge in [0.05, 0.1) is 16.8 Å². The number of hydrogen-bond donors (Lipinski definition) is 0. The zero-order chi connectivity index (χ0) is 41.0. The van der Waals surface area contributed by atoms with Crippen molar-refractivity contribution in [3.8, 4) is 90.7 Å². The number of benzene rings is 8. The molecule has 0 radical (unpaired) electrons. The molecule has 10 aromatic rings. The first-order chi connectivity index (χ1) is 30.7. The summed E-state index contributed by atoms with van der Waals surface area (Å²) in [5.41, 5.74) is 13.2. The van der Waals surface area contributed by atoms with E-state index in [1.807, 2.05) is 109 Å². The molecule has 0 unspecified atom stereocenters. The van der Waals surface area contributed by atoms with Crippen LogP contribution < -0.4 is 4.74 Å². The highest BCUT2D eigenvalue weighted by Gasteiger charge is 2.52. The molecule has 1 aliphatic carbocycles. The van der Waals surface area contributed by atoms with Crippen molar-refractivity contribution in [1.29, 1.82) is 0 Å². The van der Waals surface area contributed by atoms with Crippen LogP contribution in [0.4, 0.5) is 0 Å². The van der Waals surface area contributed by atoms with Crippen molar-refractivity contribution < 1.29 is 4.74 Å². The molecule has 12 rings (SSSR count). The number of rotatable bonds is 6. The van der Waals surface area contributed by atoms with Gasteiger partial charge in [0.2, 0.25) is 0 Å². The highest BCUT2D eigenvalue weighted by molar-refractivity contribution is 5.97. The second kappa shape index (κ2) is 14.4. The molecular formula is C56H35N5O. The normalized spacial score (nSPS) is 12.8. The summed E-state index contributed by atoms with van der Waals surface area (Å²) in [6.45, 7) is 0. The first-order valence-electron chi connectivity index (χ1n) is 20.8. The summed E-state index contributed by atoms with van der Waals surface area (Å²) >= 11 is 0. The summed E-state index contributed by atoms with van der Waals surface area (Å²) in [5.74, 6) is 4.14. The maximum absolute atomic E-state index is 6.73. The van der Waals surface area contributed by atoms with Crippen LogP contribution in [-0.2, 0) is 5.41 Å². The Morgan fingerprint density at radius 1 is 0.290 bits per heavy atom. The van der Waals surface area contributed by atoms with Gasteiger partial charge in [-0.3, -0.25) is 0 Å². The third-order valence-electron chi connectivity index (χ3n) is 12.0. The van der Waals surface area contributed by atoms with Crippen LogP contribution >= 0.6 is 0 Å². The van der Waals surface area contributed by atoms with Gasteiger partial charge in [0.25, 0.3) is 0 Å². The lowest BCUT2D eigenvalue weighted by Crippen LogP contribution is -2.32. The van der Waals surface area contributed by atoms with Crippen LogP contribution in [0.15, 0.2) is 212 Å². The molecule has 8 aromatic carbocycles. The minimum Gasteiger partial charge on any atom is -0.457 e. The fourth-order valence-electron chi connectivity index (χ4n) is 9.29. The summed E-state index contributed by atoms with van der Waals surface area (Å²) in [7, 11) is 0. The molecule has 0 bridgehead atoms. The smallest absolute Gasteiger partial charge is 0.164 e. The van der Waals surface area contributed by atoms with E-state index in [2.05, 4.69) is 103 Å². The molecule has 0 N–H and O–H groups in total. The van der Waals surface area contributed by atoms with Crippen LogP contribution in [0.2, 0.25) is 0 Å². The third kappa shape index (κ3) is 5.69. The second-order valence-electron chi connectivity index (χ2n) is 15.6. The van der Waals surface area contributed by atoms with E-state index in [0.717, 1.165) is 89.6 Å². The Morgan fingerprint density at radius 2 is 0.742 bits per heavy atom. The van der Waals surface area contributed by atoms with Crippen LogP contribution in [0, 0.1) is 0 Å². The van der Waals surface area contributed by atoms with Crippen molar-refractivity contribution in [2.45, 2.75) is 5.41 Å². The van der Waals surface area contributed by atoms with Crippen molar-refractivity contribution in [3.63, 3.8) is 0 Å². The lowest BCUT2D eigenvalue weighted by Gasteiger charge is -2.39. The minimum absolute atomic E-state index is 0.603. The van der Waals surface area contributed by atoms with Crippen LogP contribution in [0.5, 0.6) is 11.5 Å². The molecule has 0 atom stereocenters. The predicted octanol–water partition coefficient (Wildman–Crippen LogP) is 13.1. The summed E-state index contributed by atoms with van der Waals surface area (Å²) in [6, 6.07) is 73.1. The van der Waals surface area contributed by atoms with E-state index >= 15 is 0 Å². The maximum Gasteiger partial charge on any atom is 0.164 e. The van der Waals surface area contributed by atoms with Gasteiger partial charge in [0.1, 0.15) is 11.5 Å². The van der Waals surface area contributed by atoms with E-state index in [1.165, 1.54) is 0 Å². The maximum atomic E-state index is 6.73. The number of nitrogens with zero attached hydrogens (tertiary/aromatic N) is 5. The molecule has 0 fully saturated rings. The zero-order valence-electron chi connectivity index (χ0n) is 33.4. The lowest BCUT2D eigenvalue weighted by molar-refractivity contribution is 0.436. The van der Waals surface area contributed by atoms with Crippen LogP contribution in [0.1, 0.15) is 22.3 Å². The molecule has 2 aliphatic rings. The lowest BCUT2D eigenvalue weighted by atomic mass is 9.66. The third-order valence-corrected chi connectivity index (χ3v) is 12.0. The van der Waals surface area contributed by atoms with Crippen molar-refractivity contribution in [2.24, 2.45) is 0 Å². The average molecular weight is 794 g/mol. The van der Waals surface area contributed by atoms with E-state index < -0.39 is 5.41 Å². The van der Waals surface area contributed by atoms with Gasteiger partial charge in [0, 0.05) is 44.5 Å². The summed E-state index contributed by atoms with van der Waals surface area (Å²) in [5, 5.41) is 0. The van der Waals surface area contributed by atoms with Gasteiger partial charge < -0.3 is 4.74 Å². The fourth-order valence-corrected chi connectivity index (χ4v) is 9.29. The molecular weight excluding hydrogens is 759 g/mol. The molecule has 6 heteroatoms. The number of para-hydroxylation sites is 2. The van der Waals surface area contributed by atoms with Gasteiger partial charge in [-0.25, -0.2) is 24.9 Å². The molecule has 3 heterocycles. The Labute approximate surface area is 359 Å². The van der Waals surface area contributed by atoms with Gasteiger partial charge >= 0.3 is 0 Å². The Kier molecular flexibility index (Phi) is 8.28. The molecule has 62 heavy (non-hydrogen) atoms. The van der Waals surface area contributed by atoms with Gasteiger partial charge in [-0.05, 0) is 46.5 Å². The summed E-state index contributed by atoms with van der Waals surface area (Å²) in [4.78, 5) is 25.9. The van der Waals surface area contributed by atoms with Crippen LogP contribution in [0.25, 0.3) is 79.2 Å². The highest BCUT2D eigenvalue weighted by Crippen LogP contribution is 2.63. The highest BCUT2D eigenvalue weighted by atomic mass is 16.5. The molecule has 0 saturated heterocycles. The van der Waals surface area contributed by atoms with E-state index in [1.54, 1.807) is 0 Å². The number of hydrogen-bond acceptors (Lipinski definition) is 6. The van der Waals surface area contributed by atoms with Gasteiger partial charge in [-0.1, -0.05) is 188 Å². The zero-order valence-corrected chi connectivity index (χ0v) is 33.4. The Hall–Kier alpha value is -8.35. The Morgan fingerprint density at radius 3 is 1.31 bits per heavy atom. The summed E-state index contributed by atoms with van der Waals surface area (Å²) in [6.07, 6.45) is 0. The molecule has 290 valence electrons. The van der Waals surface area contributed by atoms with Crippen LogP contribution in [0.3, 0.4) is 0 Å². The Bertz CT molecular complexity index is 3160. The van der Waals surface area contributed by atoms with E-state index in [4.69, 9.17) is 29.7 Å². The molecule has 0 amide bonds. The van der Waals surface area contributed by atoms with E-state index in [9.17, 15) is 0 Å². The van der Waals surface area contributed by atoms with Crippen molar-refractivity contribution >= 4 is 0 Å². The molecule has 1 spiro atoms. The quantitative estimate of drug-likeness (QED) is 0.167. The summed E-state index contributed by atoms with van der Waals surface area (Å²) < 4.78 is 6.73. The predicted molar refractivity (Wildman–Crippen MR) is 245 cm³/mol. The number of ether oxygens (including phenoxy) is 1. The second-order valence-corrected chi connectivity index (χ2v) is 15.6. The first kappa shape index (κ1) is 35.6. The molecule has 6 nitrogen and oxygen atoms in total. The monoisotopic (exact) mass is 793 g/mol. The van der Waals surface area contributed by atoms with E-state index in [-0.39, 0.29) is 0 Å². The average Bonchev–Trinajstić information content (AvgIpc) is 3.65. The Balaban J connectivity index is 1.15. The van der Waals surface area contributed by atoms with Crippen molar-refractivity contribution in [3.05, 3.63) is 235 Å². The number of aromatic nitrogens is 5.